The molecule has 0 heterocycles. The van der Waals surface area contributed by atoms with E-state index in [0.717, 1.165) is 28.9 Å². The van der Waals surface area contributed by atoms with E-state index in [-0.39, 0.29) is 11.7 Å². The van der Waals surface area contributed by atoms with Crippen LogP contribution in [0.15, 0.2) is 36.4 Å². The summed E-state index contributed by atoms with van der Waals surface area (Å²) in [6.45, 7) is 1.25. The third-order valence-electron chi connectivity index (χ3n) is 3.59. The first-order chi connectivity index (χ1) is 9.74. The molecule has 0 aromatic heterocycles. The second-order valence-electron chi connectivity index (χ2n) is 5.30. The summed E-state index contributed by atoms with van der Waals surface area (Å²) in [6.07, 6.45) is 2.55. The Hall–Kier alpha value is -2.07. The standard InChI is InChI=1S/C16H18N2O2/c19-15-6-2-3-12-13(15)4-1-5-14(12)18-16(20)10-17-9-11-7-8-11/h1-6,11,17,19H,7-10H2,(H,18,20). The van der Waals surface area contributed by atoms with Gasteiger partial charge in [-0.05, 0) is 37.4 Å². The number of carbonyl (C=O) groups excluding carboxylic acids is 1. The third kappa shape index (κ3) is 2.91. The number of benzene rings is 2. The van der Waals surface area contributed by atoms with Gasteiger partial charge in [-0.25, -0.2) is 0 Å². The molecular formula is C16H18N2O2. The number of anilines is 1. The van der Waals surface area contributed by atoms with E-state index in [1.807, 2.05) is 24.3 Å². The number of nitrogens with one attached hydrogen (secondary N) is 2. The zero-order valence-corrected chi connectivity index (χ0v) is 11.2. The van der Waals surface area contributed by atoms with Crippen molar-refractivity contribution >= 4 is 22.4 Å². The van der Waals surface area contributed by atoms with E-state index < -0.39 is 0 Å². The molecule has 0 aliphatic heterocycles. The SMILES string of the molecule is O=C(CNCC1CC1)Nc1cccc2c(O)cccc12. The Labute approximate surface area is 117 Å². The van der Waals surface area contributed by atoms with Crippen molar-refractivity contribution in [3.8, 4) is 5.75 Å². The highest BCUT2D eigenvalue weighted by molar-refractivity contribution is 6.04. The predicted octanol–water partition coefficient (Wildman–Crippen LogP) is 2.48. The number of phenolic OH excluding ortho intramolecular Hbond substituents is 1. The van der Waals surface area contributed by atoms with Gasteiger partial charge in [0.1, 0.15) is 5.75 Å². The maximum absolute atomic E-state index is 11.9. The first-order valence-corrected chi connectivity index (χ1v) is 6.95. The summed E-state index contributed by atoms with van der Waals surface area (Å²) in [6, 6.07) is 10.8. The van der Waals surface area contributed by atoms with Crippen LogP contribution in [0, 0.1) is 5.92 Å². The van der Waals surface area contributed by atoms with Gasteiger partial charge in [0, 0.05) is 16.5 Å². The highest BCUT2D eigenvalue weighted by Gasteiger charge is 2.20. The lowest BCUT2D eigenvalue weighted by Gasteiger charge is -2.10. The summed E-state index contributed by atoms with van der Waals surface area (Å²) in [5.74, 6) is 0.934. The molecule has 0 radical (unpaired) electrons. The average Bonchev–Trinajstić information content (AvgIpc) is 3.24. The highest BCUT2D eigenvalue weighted by Crippen LogP contribution is 2.29. The fourth-order valence-corrected chi connectivity index (χ4v) is 2.31. The summed E-state index contributed by atoms with van der Waals surface area (Å²) in [5, 5.41) is 17.5. The minimum Gasteiger partial charge on any atom is -0.507 e. The molecule has 20 heavy (non-hydrogen) atoms. The van der Waals surface area contributed by atoms with Crippen molar-refractivity contribution in [3.05, 3.63) is 36.4 Å². The monoisotopic (exact) mass is 270 g/mol. The van der Waals surface area contributed by atoms with Gasteiger partial charge in [-0.15, -0.1) is 0 Å². The van der Waals surface area contributed by atoms with Crippen LogP contribution >= 0.6 is 0 Å². The predicted molar refractivity (Wildman–Crippen MR) is 79.8 cm³/mol. The van der Waals surface area contributed by atoms with Crippen molar-refractivity contribution in [3.63, 3.8) is 0 Å². The van der Waals surface area contributed by atoms with Crippen molar-refractivity contribution in [2.75, 3.05) is 18.4 Å². The van der Waals surface area contributed by atoms with E-state index in [0.29, 0.717) is 6.54 Å². The highest BCUT2D eigenvalue weighted by atomic mass is 16.3. The first-order valence-electron chi connectivity index (χ1n) is 6.95. The average molecular weight is 270 g/mol. The van der Waals surface area contributed by atoms with Gasteiger partial charge >= 0.3 is 0 Å². The number of rotatable bonds is 5. The molecule has 4 nitrogen and oxygen atoms in total. The smallest absolute Gasteiger partial charge is 0.238 e. The van der Waals surface area contributed by atoms with Gasteiger partial charge in [-0.2, -0.15) is 0 Å². The van der Waals surface area contributed by atoms with Crippen molar-refractivity contribution < 1.29 is 9.90 Å². The molecule has 3 N–H and O–H groups in total. The van der Waals surface area contributed by atoms with Gasteiger partial charge in [0.2, 0.25) is 5.91 Å². The molecule has 0 saturated heterocycles. The minimum absolute atomic E-state index is 0.0542. The fourth-order valence-electron chi connectivity index (χ4n) is 2.31. The molecule has 0 atom stereocenters. The van der Waals surface area contributed by atoms with Gasteiger partial charge in [-0.3, -0.25) is 4.79 Å². The molecule has 1 saturated carbocycles. The number of hydrogen-bond acceptors (Lipinski definition) is 3. The quantitative estimate of drug-likeness (QED) is 0.782. The Morgan fingerprint density at radius 2 is 1.90 bits per heavy atom. The summed E-state index contributed by atoms with van der Waals surface area (Å²) >= 11 is 0. The van der Waals surface area contributed by atoms with E-state index in [2.05, 4.69) is 10.6 Å². The van der Waals surface area contributed by atoms with Crippen LogP contribution in [0.2, 0.25) is 0 Å². The van der Waals surface area contributed by atoms with Crippen LogP contribution in [0.1, 0.15) is 12.8 Å². The molecule has 4 heteroatoms. The summed E-state index contributed by atoms with van der Waals surface area (Å²) in [5.41, 5.74) is 0.733. The number of amides is 1. The molecular weight excluding hydrogens is 252 g/mol. The second kappa shape index (κ2) is 5.51. The van der Waals surface area contributed by atoms with Gasteiger partial charge < -0.3 is 15.7 Å². The van der Waals surface area contributed by atoms with Crippen molar-refractivity contribution in [2.24, 2.45) is 5.92 Å². The lowest BCUT2D eigenvalue weighted by molar-refractivity contribution is -0.115. The van der Waals surface area contributed by atoms with Crippen molar-refractivity contribution in [1.82, 2.24) is 5.32 Å². The molecule has 0 bridgehead atoms. The zero-order chi connectivity index (χ0) is 13.9. The maximum Gasteiger partial charge on any atom is 0.238 e. The molecule has 1 aliphatic carbocycles. The van der Waals surface area contributed by atoms with Gasteiger partial charge in [0.05, 0.1) is 6.54 Å². The molecule has 1 amide bonds. The lowest BCUT2D eigenvalue weighted by atomic mass is 10.1. The second-order valence-corrected chi connectivity index (χ2v) is 5.30. The normalized spacial score (nSPS) is 14.4. The minimum atomic E-state index is -0.0542. The zero-order valence-electron chi connectivity index (χ0n) is 11.2. The number of fused-ring (bicyclic) bond motifs is 1. The molecule has 1 fully saturated rings. The van der Waals surface area contributed by atoms with E-state index >= 15 is 0 Å². The summed E-state index contributed by atoms with van der Waals surface area (Å²) in [7, 11) is 0. The van der Waals surface area contributed by atoms with Crippen LogP contribution < -0.4 is 10.6 Å². The number of hydrogen-bond donors (Lipinski definition) is 3. The van der Waals surface area contributed by atoms with Crippen LogP contribution in [0.25, 0.3) is 10.8 Å². The molecule has 3 rings (SSSR count). The van der Waals surface area contributed by atoms with Crippen LogP contribution in [0.3, 0.4) is 0 Å². The van der Waals surface area contributed by atoms with E-state index in [1.165, 1.54) is 12.8 Å². The number of aromatic hydroxyl groups is 1. The largest absolute Gasteiger partial charge is 0.507 e. The van der Waals surface area contributed by atoms with E-state index in [4.69, 9.17) is 0 Å². The topological polar surface area (TPSA) is 61.4 Å². The molecule has 0 unspecified atom stereocenters. The number of carbonyl (C=O) groups is 1. The van der Waals surface area contributed by atoms with Crippen molar-refractivity contribution in [1.29, 1.82) is 0 Å². The van der Waals surface area contributed by atoms with Gasteiger partial charge in [0.15, 0.2) is 0 Å². The fraction of sp³-hybridized carbons (Fsp3) is 0.312. The van der Waals surface area contributed by atoms with Gasteiger partial charge in [0.25, 0.3) is 0 Å². The first kappa shape index (κ1) is 12.9. The van der Waals surface area contributed by atoms with Crippen LogP contribution in [-0.4, -0.2) is 24.1 Å². The Kier molecular flexibility index (Phi) is 3.56. The molecule has 2 aromatic rings. The van der Waals surface area contributed by atoms with Crippen molar-refractivity contribution in [2.45, 2.75) is 12.8 Å². The van der Waals surface area contributed by atoms with Crippen LogP contribution in [0.4, 0.5) is 5.69 Å². The third-order valence-corrected chi connectivity index (χ3v) is 3.59. The Balaban J connectivity index is 1.69. The lowest BCUT2D eigenvalue weighted by Crippen LogP contribution is -2.29. The molecule has 1 aliphatic rings. The number of phenols is 1. The van der Waals surface area contributed by atoms with Crippen LogP contribution in [-0.2, 0) is 4.79 Å². The van der Waals surface area contributed by atoms with E-state index in [1.54, 1.807) is 12.1 Å². The summed E-state index contributed by atoms with van der Waals surface area (Å²) < 4.78 is 0. The summed E-state index contributed by atoms with van der Waals surface area (Å²) in [4.78, 5) is 11.9. The maximum atomic E-state index is 11.9. The van der Waals surface area contributed by atoms with E-state index in [9.17, 15) is 9.90 Å². The molecule has 0 spiro atoms. The van der Waals surface area contributed by atoms with Crippen LogP contribution in [0.5, 0.6) is 5.75 Å². The Bertz CT molecular complexity index is 635. The Morgan fingerprint density at radius 3 is 2.70 bits per heavy atom. The molecule has 2 aromatic carbocycles. The molecule has 104 valence electrons. The Morgan fingerprint density at radius 1 is 1.15 bits per heavy atom. The van der Waals surface area contributed by atoms with Gasteiger partial charge in [-0.1, -0.05) is 24.3 Å².